The first-order chi connectivity index (χ1) is 13.1. The summed E-state index contributed by atoms with van der Waals surface area (Å²) in [5.41, 5.74) is 3.92. The number of nitrogens with zero attached hydrogens (tertiary/aromatic N) is 5. The van der Waals surface area contributed by atoms with Crippen LogP contribution in [0.15, 0.2) is 49.1 Å². The number of aromatic nitrogens is 4. The Morgan fingerprint density at radius 2 is 2.04 bits per heavy atom. The summed E-state index contributed by atoms with van der Waals surface area (Å²) in [6.45, 7) is 3.52. The summed E-state index contributed by atoms with van der Waals surface area (Å²) in [6.07, 6.45) is 6.28. The number of likely N-dealkylation sites (tertiary alicyclic amines) is 1. The smallest absolute Gasteiger partial charge is 0.320 e. The number of aryl methyl sites for hydroxylation is 1. The van der Waals surface area contributed by atoms with E-state index in [2.05, 4.69) is 16.6 Å². The molecule has 0 saturated carbocycles. The Balaban J connectivity index is 1.81. The van der Waals surface area contributed by atoms with Gasteiger partial charge in [-0.25, -0.2) is 4.98 Å². The summed E-state index contributed by atoms with van der Waals surface area (Å²) in [4.78, 5) is 18.1. The lowest BCUT2D eigenvalue weighted by Gasteiger charge is -2.16. The number of rotatable bonds is 5. The molecule has 1 fully saturated rings. The topological polar surface area (TPSA) is 76.2 Å². The van der Waals surface area contributed by atoms with E-state index in [9.17, 15) is 9.90 Å². The summed E-state index contributed by atoms with van der Waals surface area (Å²) in [6, 6.07) is 9.65. The lowest BCUT2D eigenvalue weighted by molar-refractivity contribution is -0.141. The van der Waals surface area contributed by atoms with Crippen LogP contribution in [0.5, 0.6) is 0 Å². The molecule has 0 aliphatic carbocycles. The first kappa shape index (κ1) is 17.5. The molecule has 1 aromatic carbocycles. The van der Waals surface area contributed by atoms with Crippen LogP contribution in [-0.4, -0.2) is 54.9 Å². The second-order valence-electron chi connectivity index (χ2n) is 6.98. The van der Waals surface area contributed by atoms with Gasteiger partial charge in [-0.05, 0) is 20.4 Å². The number of hydrogen-bond acceptors (Lipinski definition) is 4. The molecule has 7 heteroatoms. The Morgan fingerprint density at radius 3 is 2.67 bits per heavy atom. The van der Waals surface area contributed by atoms with Crippen molar-refractivity contribution in [3.05, 3.63) is 49.1 Å². The monoisotopic (exact) mass is 365 g/mol. The minimum atomic E-state index is -0.774. The molecule has 1 aliphatic rings. The Morgan fingerprint density at radius 1 is 1.26 bits per heavy atom. The third kappa shape index (κ3) is 3.14. The molecule has 140 valence electrons. The van der Waals surface area contributed by atoms with E-state index in [-0.39, 0.29) is 6.04 Å². The van der Waals surface area contributed by atoms with Gasteiger partial charge in [0.15, 0.2) is 0 Å². The van der Waals surface area contributed by atoms with E-state index in [1.54, 1.807) is 0 Å². The van der Waals surface area contributed by atoms with Crippen molar-refractivity contribution in [3.8, 4) is 22.5 Å². The molecular formula is C20H23N5O2. The minimum absolute atomic E-state index is 0.0565. The maximum Gasteiger partial charge on any atom is 0.320 e. The van der Waals surface area contributed by atoms with Crippen molar-refractivity contribution in [2.24, 2.45) is 0 Å². The predicted octanol–water partition coefficient (Wildman–Crippen LogP) is 2.76. The van der Waals surface area contributed by atoms with Crippen molar-refractivity contribution < 1.29 is 9.90 Å². The fourth-order valence-electron chi connectivity index (χ4n) is 3.85. The van der Waals surface area contributed by atoms with Gasteiger partial charge < -0.3 is 9.67 Å². The van der Waals surface area contributed by atoms with Gasteiger partial charge >= 0.3 is 5.97 Å². The highest BCUT2D eigenvalue weighted by atomic mass is 16.4. The van der Waals surface area contributed by atoms with Crippen molar-refractivity contribution in [2.75, 3.05) is 13.6 Å². The fraction of sp³-hybridized carbons (Fsp3) is 0.350. The molecule has 0 amide bonds. The van der Waals surface area contributed by atoms with Gasteiger partial charge in [0, 0.05) is 36.5 Å². The van der Waals surface area contributed by atoms with Crippen LogP contribution in [0.25, 0.3) is 22.5 Å². The maximum absolute atomic E-state index is 11.5. The van der Waals surface area contributed by atoms with Crippen molar-refractivity contribution >= 4 is 5.97 Å². The second-order valence-corrected chi connectivity index (χ2v) is 6.98. The number of aliphatic carboxylic acids is 1. The second kappa shape index (κ2) is 7.00. The molecule has 2 atom stereocenters. The summed E-state index contributed by atoms with van der Waals surface area (Å²) >= 11 is 0. The molecule has 1 N–H and O–H groups in total. The third-order valence-electron chi connectivity index (χ3n) is 5.28. The van der Waals surface area contributed by atoms with Crippen LogP contribution in [0, 0.1) is 0 Å². The fourth-order valence-corrected chi connectivity index (χ4v) is 3.85. The Hall–Kier alpha value is -2.93. The lowest BCUT2D eigenvalue weighted by Crippen LogP contribution is -2.32. The highest BCUT2D eigenvalue weighted by molar-refractivity contribution is 5.78. The maximum atomic E-state index is 11.5. The average Bonchev–Trinajstić information content (AvgIpc) is 3.39. The van der Waals surface area contributed by atoms with E-state index < -0.39 is 12.0 Å². The third-order valence-corrected chi connectivity index (χ3v) is 5.28. The standard InChI is InChI=1S/C20H23N5O2/c1-3-24-11-15(10-22-24)19-18(14-7-5-4-6-8-14)21-13-25(19)16-9-17(20(26)27)23(2)12-16/h4-8,10-11,13,16-17H,3,9,12H2,1-2H3,(H,26,27)/t16-,17-/m0/s1. The zero-order valence-electron chi connectivity index (χ0n) is 15.5. The van der Waals surface area contributed by atoms with Crippen LogP contribution in [0.2, 0.25) is 0 Å². The summed E-state index contributed by atoms with van der Waals surface area (Å²) in [5.74, 6) is -0.774. The SMILES string of the molecule is CCn1cc(-c2c(-c3ccccc3)ncn2[C@H]2C[C@@H](C(=O)O)N(C)C2)cn1. The highest BCUT2D eigenvalue weighted by Gasteiger charge is 2.36. The van der Waals surface area contributed by atoms with Crippen molar-refractivity contribution in [2.45, 2.75) is 32.0 Å². The molecule has 0 spiro atoms. The van der Waals surface area contributed by atoms with E-state index in [4.69, 9.17) is 4.98 Å². The van der Waals surface area contributed by atoms with Crippen molar-refractivity contribution in [3.63, 3.8) is 0 Å². The van der Waals surface area contributed by atoms with Gasteiger partial charge in [0.1, 0.15) is 6.04 Å². The van der Waals surface area contributed by atoms with Gasteiger partial charge in [0.05, 0.1) is 23.9 Å². The number of benzene rings is 1. The van der Waals surface area contributed by atoms with Crippen LogP contribution in [0.4, 0.5) is 0 Å². The quantitative estimate of drug-likeness (QED) is 0.752. The van der Waals surface area contributed by atoms with Crippen LogP contribution in [0.3, 0.4) is 0 Å². The molecule has 0 bridgehead atoms. The molecule has 1 aliphatic heterocycles. The zero-order valence-corrected chi connectivity index (χ0v) is 15.5. The Bertz CT molecular complexity index is 946. The summed E-state index contributed by atoms with van der Waals surface area (Å²) in [5, 5.41) is 13.9. The molecule has 4 rings (SSSR count). The first-order valence-corrected chi connectivity index (χ1v) is 9.16. The highest BCUT2D eigenvalue weighted by Crippen LogP contribution is 2.36. The van der Waals surface area contributed by atoms with Crippen molar-refractivity contribution in [1.29, 1.82) is 0 Å². The van der Waals surface area contributed by atoms with Gasteiger partial charge in [0.25, 0.3) is 0 Å². The zero-order chi connectivity index (χ0) is 19.0. The average molecular weight is 365 g/mol. The number of carboxylic acids is 1. The molecule has 1 saturated heterocycles. The van der Waals surface area contributed by atoms with Gasteiger partial charge in [0.2, 0.25) is 0 Å². The molecule has 3 heterocycles. The first-order valence-electron chi connectivity index (χ1n) is 9.16. The molecule has 7 nitrogen and oxygen atoms in total. The molecule has 0 unspecified atom stereocenters. The number of likely N-dealkylation sites (N-methyl/N-ethyl adjacent to an activating group) is 1. The van der Waals surface area contributed by atoms with Crippen molar-refractivity contribution in [1.82, 2.24) is 24.2 Å². The largest absolute Gasteiger partial charge is 0.480 e. The predicted molar refractivity (Wildman–Crippen MR) is 102 cm³/mol. The van der Waals surface area contributed by atoms with E-state index >= 15 is 0 Å². The molecule has 27 heavy (non-hydrogen) atoms. The summed E-state index contributed by atoms with van der Waals surface area (Å²) in [7, 11) is 1.86. The molecular weight excluding hydrogens is 342 g/mol. The van der Waals surface area contributed by atoms with Crippen LogP contribution in [0.1, 0.15) is 19.4 Å². The Kier molecular flexibility index (Phi) is 4.53. The van der Waals surface area contributed by atoms with Crippen LogP contribution >= 0.6 is 0 Å². The molecule has 0 radical (unpaired) electrons. The number of carbonyl (C=O) groups is 1. The minimum Gasteiger partial charge on any atom is -0.480 e. The van der Waals surface area contributed by atoms with E-state index in [0.29, 0.717) is 13.0 Å². The number of hydrogen-bond donors (Lipinski definition) is 1. The summed E-state index contributed by atoms with van der Waals surface area (Å²) < 4.78 is 4.01. The van der Waals surface area contributed by atoms with Gasteiger partial charge in [-0.15, -0.1) is 0 Å². The van der Waals surface area contributed by atoms with E-state index in [1.807, 2.05) is 65.7 Å². The van der Waals surface area contributed by atoms with Gasteiger partial charge in [-0.2, -0.15) is 5.10 Å². The van der Waals surface area contributed by atoms with Crippen LogP contribution < -0.4 is 0 Å². The van der Waals surface area contributed by atoms with Gasteiger partial charge in [-0.3, -0.25) is 14.4 Å². The molecule has 2 aromatic heterocycles. The van der Waals surface area contributed by atoms with E-state index in [1.165, 1.54) is 0 Å². The van der Waals surface area contributed by atoms with Crippen LogP contribution in [-0.2, 0) is 11.3 Å². The van der Waals surface area contributed by atoms with Gasteiger partial charge in [-0.1, -0.05) is 30.3 Å². The normalized spacial score (nSPS) is 20.2. The number of carboxylic acid groups (broad SMARTS) is 1. The number of imidazole rings is 1. The molecule has 3 aromatic rings. The lowest BCUT2D eigenvalue weighted by atomic mass is 10.1. The van der Waals surface area contributed by atoms with E-state index in [0.717, 1.165) is 29.1 Å². The Labute approximate surface area is 157 Å².